The molecular weight excluding hydrogens is 338 g/mol. The highest BCUT2D eigenvalue weighted by Gasteiger charge is 2.62. The lowest BCUT2D eigenvalue weighted by molar-refractivity contribution is -0.192. The first-order chi connectivity index (χ1) is 11.5. The topological polar surface area (TPSA) is 68.3 Å². The van der Waals surface area contributed by atoms with Crippen molar-refractivity contribution < 1.29 is 32.7 Å². The van der Waals surface area contributed by atoms with E-state index in [1.807, 2.05) is 0 Å². The molecule has 0 spiro atoms. The van der Waals surface area contributed by atoms with Crippen LogP contribution in [0.5, 0.6) is 0 Å². The summed E-state index contributed by atoms with van der Waals surface area (Å²) in [5, 5.41) is 1.13. The van der Waals surface area contributed by atoms with Crippen molar-refractivity contribution in [3.8, 4) is 0 Å². The Morgan fingerprint density at radius 2 is 2.00 bits per heavy atom. The number of halogens is 2. The van der Waals surface area contributed by atoms with Crippen LogP contribution in [0.3, 0.4) is 0 Å². The second kappa shape index (κ2) is 7.03. The third-order valence-electron chi connectivity index (χ3n) is 4.36. The fourth-order valence-corrected chi connectivity index (χ4v) is 3.17. The van der Waals surface area contributed by atoms with E-state index in [2.05, 4.69) is 0 Å². The first-order valence-electron chi connectivity index (χ1n) is 8.35. The summed E-state index contributed by atoms with van der Waals surface area (Å²) in [6.07, 6.45) is -0.351. The van der Waals surface area contributed by atoms with Gasteiger partial charge in [-0.05, 0) is 27.2 Å². The van der Waals surface area contributed by atoms with Gasteiger partial charge in [0.25, 0.3) is 5.92 Å². The molecule has 0 aromatic heterocycles. The van der Waals surface area contributed by atoms with Crippen molar-refractivity contribution in [3.05, 3.63) is 0 Å². The molecule has 0 aromatic rings. The molecule has 2 fully saturated rings. The zero-order valence-electron chi connectivity index (χ0n) is 15.3. The summed E-state index contributed by atoms with van der Waals surface area (Å²) in [5.74, 6) is -4.21. The highest BCUT2D eigenvalue weighted by atomic mass is 19.3. The number of methoxy groups -OCH3 is 1. The van der Waals surface area contributed by atoms with E-state index in [0.717, 1.165) is 9.96 Å². The lowest BCUT2D eigenvalue weighted by Crippen LogP contribution is -2.47. The van der Waals surface area contributed by atoms with E-state index >= 15 is 0 Å². The molecule has 2 aliphatic heterocycles. The van der Waals surface area contributed by atoms with Crippen LogP contribution in [0.2, 0.25) is 0 Å². The van der Waals surface area contributed by atoms with Gasteiger partial charge in [0.2, 0.25) is 0 Å². The van der Waals surface area contributed by atoms with Crippen LogP contribution in [-0.2, 0) is 19.1 Å². The van der Waals surface area contributed by atoms with Gasteiger partial charge in [-0.3, -0.25) is 14.5 Å². The van der Waals surface area contributed by atoms with Crippen molar-refractivity contribution in [3.63, 3.8) is 0 Å². The summed E-state index contributed by atoms with van der Waals surface area (Å²) in [5.41, 5.74) is -0.776. The van der Waals surface area contributed by atoms with Crippen molar-refractivity contribution in [1.29, 1.82) is 0 Å². The minimum absolute atomic E-state index is 0.0118. The quantitative estimate of drug-likeness (QED) is 0.712. The number of carbonyl (C=O) groups excluding carboxylic acids is 2. The Balaban J connectivity index is 2.13. The summed E-state index contributed by atoms with van der Waals surface area (Å²) >= 11 is 0. The largest absolute Gasteiger partial charge is 0.469 e. The molecule has 9 heteroatoms. The number of hydrogen-bond acceptors (Lipinski definition) is 6. The van der Waals surface area contributed by atoms with Crippen molar-refractivity contribution in [1.82, 2.24) is 9.96 Å². The number of likely N-dealkylation sites (tertiary alicyclic amines) is 1. The maximum absolute atomic E-state index is 14.5. The van der Waals surface area contributed by atoms with Crippen LogP contribution in [0.1, 0.15) is 34.1 Å². The van der Waals surface area contributed by atoms with Gasteiger partial charge in [0.15, 0.2) is 0 Å². The minimum atomic E-state index is -3.16. The van der Waals surface area contributed by atoms with E-state index < -0.39 is 48.1 Å². The lowest BCUT2D eigenvalue weighted by Gasteiger charge is -2.27. The van der Waals surface area contributed by atoms with Crippen LogP contribution in [0.25, 0.3) is 0 Å². The molecule has 2 saturated heterocycles. The Hall–Kier alpha value is -1.48. The predicted molar refractivity (Wildman–Crippen MR) is 83.9 cm³/mol. The van der Waals surface area contributed by atoms with Gasteiger partial charge in [0, 0.05) is 6.54 Å². The number of rotatable bonds is 4. The fraction of sp³-hybridized carbons (Fsp3) is 0.875. The van der Waals surface area contributed by atoms with E-state index in [0.29, 0.717) is 6.42 Å². The van der Waals surface area contributed by atoms with Crippen LogP contribution < -0.4 is 0 Å². The average molecular weight is 364 g/mol. The number of alkyl halides is 2. The summed E-state index contributed by atoms with van der Waals surface area (Å²) in [7, 11) is 1.26. The highest BCUT2D eigenvalue weighted by molar-refractivity contribution is 5.72. The van der Waals surface area contributed by atoms with Crippen molar-refractivity contribution in [2.75, 3.05) is 26.8 Å². The molecule has 2 rings (SSSR count). The summed E-state index contributed by atoms with van der Waals surface area (Å²) in [4.78, 5) is 30.4. The second-order valence-electron chi connectivity index (χ2n) is 7.41. The smallest absolute Gasteiger partial charge is 0.410 e. The summed E-state index contributed by atoms with van der Waals surface area (Å²) in [6, 6.07) is -2.13. The zero-order chi connectivity index (χ0) is 19.0. The molecule has 0 bridgehead atoms. The molecule has 0 saturated carbocycles. The Morgan fingerprint density at radius 3 is 2.52 bits per heavy atom. The Bertz CT molecular complexity index is 523. The van der Waals surface area contributed by atoms with Gasteiger partial charge < -0.3 is 9.47 Å². The fourth-order valence-electron chi connectivity index (χ4n) is 3.17. The highest BCUT2D eigenvalue weighted by Crippen LogP contribution is 2.41. The number of hydroxylamine groups is 2. The molecule has 0 radical (unpaired) electrons. The van der Waals surface area contributed by atoms with Crippen LogP contribution in [0.4, 0.5) is 13.6 Å². The number of ether oxygens (including phenoxy) is 2. The van der Waals surface area contributed by atoms with E-state index in [1.165, 1.54) is 7.11 Å². The minimum Gasteiger partial charge on any atom is -0.469 e. The third-order valence-corrected chi connectivity index (χ3v) is 4.36. The molecule has 1 amide bonds. The van der Waals surface area contributed by atoms with Gasteiger partial charge in [-0.2, -0.15) is 5.06 Å². The third kappa shape index (κ3) is 4.20. The molecule has 0 N–H and O–H groups in total. The average Bonchev–Trinajstić information content (AvgIpc) is 3.02. The molecule has 25 heavy (non-hydrogen) atoms. The van der Waals surface area contributed by atoms with Crippen molar-refractivity contribution in [2.45, 2.75) is 57.7 Å². The summed E-state index contributed by atoms with van der Waals surface area (Å²) in [6.45, 7) is 6.00. The van der Waals surface area contributed by atoms with Crippen LogP contribution in [-0.4, -0.2) is 72.4 Å². The Kier molecular flexibility index (Phi) is 5.58. The maximum atomic E-state index is 14.5. The van der Waals surface area contributed by atoms with E-state index in [9.17, 15) is 18.4 Å². The van der Waals surface area contributed by atoms with Gasteiger partial charge in [-0.25, -0.2) is 13.6 Å². The second-order valence-corrected chi connectivity index (χ2v) is 7.41. The van der Waals surface area contributed by atoms with Gasteiger partial charge in [0.1, 0.15) is 11.6 Å². The van der Waals surface area contributed by atoms with Gasteiger partial charge >= 0.3 is 12.1 Å². The van der Waals surface area contributed by atoms with Gasteiger partial charge in [-0.15, -0.1) is 0 Å². The number of fused-ring (bicyclic) bond motifs is 1. The standard InChI is InChI=1S/C16H26F2N2O5/c1-6-10(13(21)23-5)7-20-12-11(8-24-20)19(9-16(12,17)18)14(22)25-15(2,3)4/h10-12H,6-9H2,1-5H3/t10?,11-,12+/m0/s1. The summed E-state index contributed by atoms with van der Waals surface area (Å²) < 4.78 is 39.0. The zero-order valence-corrected chi connectivity index (χ0v) is 15.3. The Morgan fingerprint density at radius 1 is 1.36 bits per heavy atom. The van der Waals surface area contributed by atoms with Gasteiger partial charge in [-0.1, -0.05) is 6.92 Å². The number of carbonyl (C=O) groups is 2. The molecule has 0 aliphatic carbocycles. The first-order valence-corrected chi connectivity index (χ1v) is 8.35. The maximum Gasteiger partial charge on any atom is 0.410 e. The van der Waals surface area contributed by atoms with Crippen molar-refractivity contribution in [2.24, 2.45) is 5.92 Å². The molecule has 7 nitrogen and oxygen atoms in total. The molecule has 1 unspecified atom stereocenters. The Labute approximate surface area is 146 Å². The molecule has 3 atom stereocenters. The number of esters is 1. The van der Waals surface area contributed by atoms with Crippen molar-refractivity contribution >= 4 is 12.1 Å². The lowest BCUT2D eigenvalue weighted by atomic mass is 10.0. The van der Waals surface area contributed by atoms with Crippen LogP contribution >= 0.6 is 0 Å². The molecule has 2 aliphatic rings. The normalized spacial score (nSPS) is 27.1. The molecule has 0 aromatic carbocycles. The number of hydrogen-bond donors (Lipinski definition) is 0. The first kappa shape index (κ1) is 19.8. The number of amides is 1. The van der Waals surface area contributed by atoms with E-state index in [1.54, 1.807) is 27.7 Å². The molecule has 2 heterocycles. The number of nitrogens with zero attached hydrogens (tertiary/aromatic N) is 2. The predicted octanol–water partition coefficient (Wildman–Crippen LogP) is 2.06. The van der Waals surface area contributed by atoms with E-state index in [4.69, 9.17) is 14.3 Å². The van der Waals surface area contributed by atoms with E-state index in [-0.39, 0.29) is 13.2 Å². The van der Waals surface area contributed by atoms with Crippen LogP contribution in [0.15, 0.2) is 0 Å². The SMILES string of the molecule is CCC(CN1OC[C@H]2[C@@H]1C(F)(F)CN2C(=O)OC(C)(C)C)C(=O)OC. The molecular formula is C16H26F2N2O5. The van der Waals surface area contributed by atoms with Gasteiger partial charge in [0.05, 0.1) is 32.2 Å². The monoisotopic (exact) mass is 364 g/mol. The molecule has 144 valence electrons. The van der Waals surface area contributed by atoms with Crippen LogP contribution in [0, 0.1) is 5.92 Å².